The van der Waals surface area contributed by atoms with E-state index in [1.54, 1.807) is 49.4 Å². The fourth-order valence-electron chi connectivity index (χ4n) is 3.72. The van der Waals surface area contributed by atoms with Gasteiger partial charge >= 0.3 is 0 Å². The van der Waals surface area contributed by atoms with Gasteiger partial charge in [-0.1, -0.05) is 54.5 Å². The quantitative estimate of drug-likeness (QED) is 0.119. The zero-order valence-electron chi connectivity index (χ0n) is 26.4. The second-order valence-electron chi connectivity index (χ2n) is 9.95. The first-order valence-electron chi connectivity index (χ1n) is 14.0. The molecule has 0 saturated heterocycles. The van der Waals surface area contributed by atoms with Crippen molar-refractivity contribution in [3.8, 4) is 11.4 Å². The van der Waals surface area contributed by atoms with Crippen LogP contribution in [0.2, 0.25) is 0 Å². The van der Waals surface area contributed by atoms with E-state index >= 15 is 0 Å². The van der Waals surface area contributed by atoms with E-state index in [1.165, 1.54) is 13.0 Å². The maximum absolute atomic E-state index is 12.5. The number of hydrogen-bond donors (Lipinski definition) is 0. The first-order chi connectivity index (χ1) is 23.6. The van der Waals surface area contributed by atoms with Crippen molar-refractivity contribution in [1.29, 1.82) is 0 Å². The van der Waals surface area contributed by atoms with Crippen LogP contribution in [0, 0.1) is 6.92 Å². The Labute approximate surface area is 347 Å². The highest BCUT2D eigenvalue weighted by Gasteiger charge is 2.42. The number of sulfone groups is 3. The van der Waals surface area contributed by atoms with Crippen molar-refractivity contribution in [3.05, 3.63) is 84.6 Å². The Morgan fingerprint density at radius 1 is 0.784 bits per heavy atom. The SMILES string of the molecule is CCOc1cc(S(=O)(=O)C(Br)(Br)Br)cc2ccccc12.O=S(=O)(c1nnnn1-c1ccccc1)C(Br)(Br)Br.[B]C(C)S(=O)(=O)c1ccc(C)nn1. The Bertz CT molecular complexity index is 2290. The number of ether oxygens (including phenoxy) is 1. The monoisotopic (exact) mass is 1140 g/mol. The molecule has 0 bridgehead atoms. The lowest BCUT2D eigenvalue weighted by molar-refractivity contribution is 0.343. The van der Waals surface area contributed by atoms with E-state index in [0.717, 1.165) is 15.5 Å². The van der Waals surface area contributed by atoms with Crippen molar-refractivity contribution in [1.82, 2.24) is 30.4 Å². The predicted molar refractivity (Wildman–Crippen MR) is 217 cm³/mol. The predicted octanol–water partition coefficient (Wildman–Crippen LogP) is 7.11. The summed E-state index contributed by atoms with van der Waals surface area (Å²) in [5.74, 6) is 0.556. The van der Waals surface area contributed by atoms with Crippen LogP contribution in [-0.4, -0.2) is 78.2 Å². The second-order valence-corrected chi connectivity index (χ2v) is 32.9. The molecule has 0 amide bonds. The fourth-order valence-corrected chi connectivity index (χ4v) is 9.03. The topological polar surface area (TPSA) is 181 Å². The molecule has 0 saturated carbocycles. The standard InChI is InChI=1S/C13H11Br3O3S.C8H5Br3N4O2S.C7H9BN2O2S/c1-2-19-12-8-10(20(17,18)13(14,15)16)7-9-5-3-4-6-11(9)12;9-8(10,11)18(16,17)7-12-13-14-15(7)6-4-2-1-3-5-6;1-5-3-4-7(10-9-5)13(11,12)6(2)8/h3-8H,2H2,1H3;1-5H;3-4,6H,1-2H3. The summed E-state index contributed by atoms with van der Waals surface area (Å²) in [5, 5.41) is 18.2. The largest absolute Gasteiger partial charge is 0.493 e. The van der Waals surface area contributed by atoms with Crippen LogP contribution in [0.25, 0.3) is 16.5 Å². The summed E-state index contributed by atoms with van der Waals surface area (Å²) in [6, 6.07) is 22.4. The lowest BCUT2D eigenvalue weighted by atomic mass is 10.1. The molecule has 1 unspecified atom stereocenters. The maximum atomic E-state index is 12.5. The van der Waals surface area contributed by atoms with Crippen LogP contribution in [0.3, 0.4) is 0 Å². The Balaban J connectivity index is 0.000000211. The number of halogens is 6. The number of tetrazole rings is 1. The van der Waals surface area contributed by atoms with Crippen LogP contribution in [0.4, 0.5) is 0 Å². The molecule has 23 heteroatoms. The first-order valence-corrected chi connectivity index (χ1v) is 23.2. The van der Waals surface area contributed by atoms with Gasteiger partial charge in [-0.2, -0.15) is 9.78 Å². The molecule has 5 rings (SSSR count). The molecule has 2 radical (unpaired) electrons. The number of aromatic nitrogens is 6. The van der Waals surface area contributed by atoms with Gasteiger partial charge in [0.2, 0.25) is 12.8 Å². The van der Waals surface area contributed by atoms with Gasteiger partial charge in [0.05, 0.1) is 30.7 Å². The van der Waals surface area contributed by atoms with E-state index in [2.05, 4.69) is 121 Å². The van der Waals surface area contributed by atoms with Crippen molar-refractivity contribution in [2.45, 2.75) is 43.9 Å². The number of aryl methyl sites for hydroxylation is 1. The zero-order valence-corrected chi connectivity index (χ0v) is 38.4. The number of alkyl halides is 6. The smallest absolute Gasteiger partial charge is 0.275 e. The van der Waals surface area contributed by atoms with E-state index in [0.29, 0.717) is 23.7 Å². The third-order valence-corrected chi connectivity index (χ3v) is 18.5. The molecule has 0 fully saturated rings. The minimum Gasteiger partial charge on any atom is -0.493 e. The minimum atomic E-state index is -3.84. The van der Waals surface area contributed by atoms with Crippen LogP contribution in [0.15, 0.2) is 93.9 Å². The molecule has 2 aromatic heterocycles. The number of nitrogens with zero attached hydrogens (tertiary/aromatic N) is 6. The molecule has 0 aliphatic rings. The average molecular weight is 1140 g/mol. The summed E-state index contributed by atoms with van der Waals surface area (Å²) >= 11 is 18.1. The molecule has 0 N–H and O–H groups in total. The van der Waals surface area contributed by atoms with Crippen molar-refractivity contribution in [3.63, 3.8) is 0 Å². The summed E-state index contributed by atoms with van der Waals surface area (Å²) in [4.78, 5) is 0.172. The molecule has 0 aliphatic heterocycles. The number of benzene rings is 3. The van der Waals surface area contributed by atoms with E-state index in [-0.39, 0.29) is 15.1 Å². The molecular formula is C28H25BBr6N6O7S3. The van der Waals surface area contributed by atoms with Crippen LogP contribution in [-0.2, 0) is 29.5 Å². The van der Waals surface area contributed by atoms with Crippen molar-refractivity contribution in [2.75, 3.05) is 6.61 Å². The summed E-state index contributed by atoms with van der Waals surface area (Å²) in [6.45, 7) is 5.46. The van der Waals surface area contributed by atoms with Gasteiger partial charge in [0, 0.05) is 10.5 Å². The van der Waals surface area contributed by atoms with Gasteiger partial charge in [-0.3, -0.25) is 0 Å². The molecule has 272 valence electrons. The molecule has 1 atom stereocenters. The number of para-hydroxylation sites is 1. The Morgan fingerprint density at radius 3 is 1.90 bits per heavy atom. The van der Waals surface area contributed by atoms with Crippen molar-refractivity contribution < 1.29 is 30.0 Å². The Hall–Kier alpha value is -1.34. The Morgan fingerprint density at radius 2 is 1.37 bits per heavy atom. The van der Waals surface area contributed by atoms with Gasteiger partial charge in [-0.05, 0) is 162 Å². The van der Waals surface area contributed by atoms with Crippen LogP contribution in [0.1, 0.15) is 19.5 Å². The zero-order chi connectivity index (χ0) is 38.4. The molecule has 5 aromatic rings. The first kappa shape index (κ1) is 44.1. The molecular weight excluding hydrogens is 1120 g/mol. The van der Waals surface area contributed by atoms with E-state index in [1.807, 2.05) is 37.3 Å². The summed E-state index contributed by atoms with van der Waals surface area (Å²) < 4.78 is 76.0. The van der Waals surface area contributed by atoms with Crippen molar-refractivity contribution >= 4 is 144 Å². The number of rotatable bonds is 7. The Kier molecular flexibility index (Phi) is 15.4. The lowest BCUT2D eigenvalue weighted by Gasteiger charge is -2.16. The molecule has 2 heterocycles. The average Bonchev–Trinajstić information content (AvgIpc) is 3.56. The summed E-state index contributed by atoms with van der Waals surface area (Å²) in [7, 11) is -5.68. The number of hydrogen-bond acceptors (Lipinski definition) is 12. The van der Waals surface area contributed by atoms with Crippen LogP contribution >= 0.6 is 95.6 Å². The van der Waals surface area contributed by atoms with E-state index in [9.17, 15) is 25.3 Å². The highest BCUT2D eigenvalue weighted by atomic mass is 80.0. The molecule has 13 nitrogen and oxygen atoms in total. The molecule has 0 aliphatic carbocycles. The second kappa shape index (κ2) is 17.9. The number of fused-ring (bicyclic) bond motifs is 1. The summed E-state index contributed by atoms with van der Waals surface area (Å²) in [5.41, 5.74) is 1.22. The maximum Gasteiger partial charge on any atom is 0.275 e. The lowest BCUT2D eigenvalue weighted by Crippen LogP contribution is -2.22. The summed E-state index contributed by atoms with van der Waals surface area (Å²) in [6.07, 6.45) is 0. The molecule has 51 heavy (non-hydrogen) atoms. The van der Waals surface area contributed by atoms with E-state index in [4.69, 9.17) is 12.6 Å². The molecule has 0 spiro atoms. The highest BCUT2D eigenvalue weighted by Crippen LogP contribution is 2.45. The fraction of sp³-hybridized carbons (Fsp3) is 0.250. The minimum absolute atomic E-state index is 0.0758. The normalized spacial score (nSPS) is 13.0. The van der Waals surface area contributed by atoms with Crippen molar-refractivity contribution in [2.24, 2.45) is 0 Å². The van der Waals surface area contributed by atoms with Gasteiger partial charge in [0.25, 0.3) is 15.0 Å². The van der Waals surface area contributed by atoms with Crippen LogP contribution in [0.5, 0.6) is 5.75 Å². The van der Waals surface area contributed by atoms with Gasteiger partial charge in [0.1, 0.15) is 5.75 Å². The van der Waals surface area contributed by atoms with Crippen LogP contribution < -0.4 is 4.74 Å². The third kappa shape index (κ3) is 10.9. The van der Waals surface area contributed by atoms with Gasteiger partial charge in [-0.15, -0.1) is 5.10 Å². The highest BCUT2D eigenvalue weighted by molar-refractivity contribution is 9.42. The molecule has 3 aromatic carbocycles. The van der Waals surface area contributed by atoms with Gasteiger partial charge < -0.3 is 4.74 Å². The van der Waals surface area contributed by atoms with Gasteiger partial charge in [-0.25, -0.2) is 25.3 Å². The van der Waals surface area contributed by atoms with Gasteiger partial charge in [0.15, 0.2) is 14.9 Å². The van der Waals surface area contributed by atoms with E-state index < -0.39 is 37.6 Å². The third-order valence-electron chi connectivity index (χ3n) is 6.25.